The van der Waals surface area contributed by atoms with Gasteiger partial charge in [-0.15, -0.1) is 0 Å². The summed E-state index contributed by atoms with van der Waals surface area (Å²) in [5, 5.41) is 8.92. The first kappa shape index (κ1) is 23.0. The molecule has 0 aliphatic carbocycles. The highest BCUT2D eigenvalue weighted by Gasteiger charge is 2.23. The number of aromatic nitrogens is 1. The van der Waals surface area contributed by atoms with E-state index in [1.54, 1.807) is 31.2 Å². The molecule has 0 bridgehead atoms. The summed E-state index contributed by atoms with van der Waals surface area (Å²) in [7, 11) is 0. The molecule has 0 aliphatic rings. The molecule has 1 N–H and O–H groups in total. The number of benzene rings is 2. The maximum Gasteiger partial charge on any atom is 0.441 e. The number of carbonyl (C=O) groups excluding carboxylic acids is 1. The molecule has 0 aliphatic heterocycles. The lowest BCUT2D eigenvalue weighted by atomic mass is 10.0. The van der Waals surface area contributed by atoms with E-state index in [1.165, 1.54) is 4.90 Å². The number of nitrogens with zero attached hydrogens (tertiary/aromatic N) is 2. The van der Waals surface area contributed by atoms with Crippen molar-refractivity contribution in [3.8, 4) is 11.1 Å². The van der Waals surface area contributed by atoms with Crippen LogP contribution in [0.2, 0.25) is 0 Å². The first-order valence-electron chi connectivity index (χ1n) is 10.0. The lowest BCUT2D eigenvalue weighted by Gasteiger charge is -2.27. The van der Waals surface area contributed by atoms with Crippen molar-refractivity contribution in [3.63, 3.8) is 0 Å². The predicted molar refractivity (Wildman–Crippen MR) is 114 cm³/mol. The van der Waals surface area contributed by atoms with Crippen molar-refractivity contribution in [1.29, 1.82) is 0 Å². The molecule has 1 amide bonds. The molecule has 3 aromatic rings. The maximum absolute atomic E-state index is 13.0. The van der Waals surface area contributed by atoms with Crippen LogP contribution in [0.4, 0.5) is 13.6 Å². The summed E-state index contributed by atoms with van der Waals surface area (Å²) in [6, 6.07) is 21.0. The third kappa shape index (κ3) is 5.50. The Balaban J connectivity index is 1.74. The quantitative estimate of drug-likeness (QED) is 0.390. The molecule has 2 aromatic carbocycles. The van der Waals surface area contributed by atoms with Gasteiger partial charge in [0.15, 0.2) is 0 Å². The van der Waals surface area contributed by atoms with E-state index < -0.39 is 24.2 Å². The van der Waals surface area contributed by atoms with Gasteiger partial charge in [-0.2, -0.15) is 14.0 Å². The summed E-state index contributed by atoms with van der Waals surface area (Å²) in [5.74, 6) is 0. The third-order valence-electron chi connectivity index (χ3n) is 5.21. The Hall–Kier alpha value is -3.70. The molecule has 8 heteroatoms. The van der Waals surface area contributed by atoms with Crippen LogP contribution in [-0.4, -0.2) is 27.4 Å². The SMILES string of the molecule is C[C@@H](c1ccc(-c2c#cc(=O)n(C(F)F)c2)cc1)N(CCCc1ccccc1)C(=O)OO. The summed E-state index contributed by atoms with van der Waals surface area (Å²) < 4.78 is 26.2. The Labute approximate surface area is 184 Å². The van der Waals surface area contributed by atoms with E-state index in [4.69, 9.17) is 5.26 Å². The van der Waals surface area contributed by atoms with Gasteiger partial charge < -0.3 is 0 Å². The number of hydrogen-bond donors (Lipinski definition) is 1. The molecule has 1 atom stereocenters. The van der Waals surface area contributed by atoms with Gasteiger partial charge in [0, 0.05) is 24.4 Å². The number of rotatable bonds is 8. The van der Waals surface area contributed by atoms with Gasteiger partial charge in [0.2, 0.25) is 0 Å². The van der Waals surface area contributed by atoms with Crippen LogP contribution < -0.4 is 5.56 Å². The Morgan fingerprint density at radius 3 is 2.44 bits per heavy atom. The number of alkyl halides is 2. The second-order valence-corrected chi connectivity index (χ2v) is 7.22. The van der Waals surface area contributed by atoms with Crippen LogP contribution in [0.25, 0.3) is 11.1 Å². The minimum Gasteiger partial charge on any atom is -0.299 e. The molecule has 3 rings (SSSR count). The van der Waals surface area contributed by atoms with Crippen LogP contribution in [0, 0.1) is 12.1 Å². The molecule has 1 aromatic heterocycles. The Kier molecular flexibility index (Phi) is 7.58. The molecule has 1 heterocycles. The minimum atomic E-state index is -2.97. The van der Waals surface area contributed by atoms with Crippen molar-refractivity contribution in [1.82, 2.24) is 9.47 Å². The average molecular weight is 440 g/mol. The molecular weight excluding hydrogens is 418 g/mol. The predicted octanol–water partition coefficient (Wildman–Crippen LogP) is 5.12. The normalized spacial score (nSPS) is 11.7. The molecule has 0 saturated carbocycles. The summed E-state index contributed by atoms with van der Waals surface area (Å²) in [4.78, 5) is 29.0. The zero-order valence-corrected chi connectivity index (χ0v) is 17.4. The largest absolute Gasteiger partial charge is 0.441 e. The number of hydrogen-bond acceptors (Lipinski definition) is 4. The van der Waals surface area contributed by atoms with Gasteiger partial charge in [-0.1, -0.05) is 60.7 Å². The van der Waals surface area contributed by atoms with E-state index in [0.29, 0.717) is 24.1 Å². The molecule has 32 heavy (non-hydrogen) atoms. The fourth-order valence-corrected chi connectivity index (χ4v) is 3.42. The molecule has 0 spiro atoms. The summed E-state index contributed by atoms with van der Waals surface area (Å²) in [5.41, 5.74) is 1.79. The van der Waals surface area contributed by atoms with Crippen molar-refractivity contribution in [2.24, 2.45) is 0 Å². The molecular formula is C24H22F2N2O4. The maximum atomic E-state index is 13.0. The molecule has 6 nitrogen and oxygen atoms in total. The summed E-state index contributed by atoms with van der Waals surface area (Å²) >= 11 is 0. The van der Waals surface area contributed by atoms with Gasteiger partial charge in [-0.05, 0) is 36.5 Å². The van der Waals surface area contributed by atoms with Crippen LogP contribution in [0.5, 0.6) is 0 Å². The van der Waals surface area contributed by atoms with Crippen LogP contribution in [0.1, 0.15) is 37.1 Å². The highest BCUT2D eigenvalue weighted by Crippen LogP contribution is 2.25. The van der Waals surface area contributed by atoms with Crippen molar-refractivity contribution in [3.05, 3.63) is 94.4 Å². The first-order valence-corrected chi connectivity index (χ1v) is 10.0. The van der Waals surface area contributed by atoms with Crippen LogP contribution in [0.15, 0.2) is 65.6 Å². The zero-order valence-electron chi connectivity index (χ0n) is 17.4. The van der Waals surface area contributed by atoms with E-state index in [0.717, 1.165) is 23.7 Å². The minimum absolute atomic E-state index is 0.286. The van der Waals surface area contributed by atoms with E-state index in [-0.39, 0.29) is 4.57 Å². The summed E-state index contributed by atoms with van der Waals surface area (Å²) in [6.45, 7) is -0.815. The molecule has 166 valence electrons. The van der Waals surface area contributed by atoms with Crippen molar-refractivity contribution >= 4 is 6.09 Å². The number of amides is 1. The molecule has 0 unspecified atom stereocenters. The van der Waals surface area contributed by atoms with Crippen LogP contribution in [0.3, 0.4) is 0 Å². The topological polar surface area (TPSA) is 71.8 Å². The Morgan fingerprint density at radius 1 is 1.12 bits per heavy atom. The third-order valence-corrected chi connectivity index (χ3v) is 5.21. The average Bonchev–Trinajstić information content (AvgIpc) is 2.82. The molecule has 0 radical (unpaired) electrons. The monoisotopic (exact) mass is 440 g/mol. The smallest absolute Gasteiger partial charge is 0.299 e. The Bertz CT molecular complexity index is 1090. The second kappa shape index (κ2) is 10.6. The van der Waals surface area contributed by atoms with Crippen LogP contribution >= 0.6 is 0 Å². The van der Waals surface area contributed by atoms with Gasteiger partial charge in [-0.25, -0.2) is 9.36 Å². The van der Waals surface area contributed by atoms with E-state index in [2.05, 4.69) is 17.0 Å². The number of halogens is 2. The van der Waals surface area contributed by atoms with Gasteiger partial charge >= 0.3 is 18.2 Å². The first-order chi connectivity index (χ1) is 15.4. The number of carbonyl (C=O) groups is 1. The van der Waals surface area contributed by atoms with Crippen molar-refractivity contribution in [2.75, 3.05) is 6.54 Å². The highest BCUT2D eigenvalue weighted by atomic mass is 19.3. The van der Waals surface area contributed by atoms with Gasteiger partial charge in [-0.3, -0.25) is 14.6 Å². The Morgan fingerprint density at radius 2 is 1.81 bits per heavy atom. The van der Waals surface area contributed by atoms with E-state index in [1.807, 2.05) is 30.3 Å². The van der Waals surface area contributed by atoms with E-state index >= 15 is 0 Å². The summed E-state index contributed by atoms with van der Waals surface area (Å²) in [6.07, 6.45) is 1.60. The van der Waals surface area contributed by atoms with Crippen molar-refractivity contribution < 1.29 is 23.7 Å². The van der Waals surface area contributed by atoms with Gasteiger partial charge in [0.25, 0.3) is 0 Å². The fraction of sp³-hybridized carbons (Fsp3) is 0.250. The van der Waals surface area contributed by atoms with Gasteiger partial charge in [0.05, 0.1) is 6.04 Å². The highest BCUT2D eigenvalue weighted by molar-refractivity contribution is 5.68. The molecule has 0 saturated heterocycles. The lowest BCUT2D eigenvalue weighted by molar-refractivity contribution is -0.190. The zero-order chi connectivity index (χ0) is 23.1. The van der Waals surface area contributed by atoms with Crippen LogP contribution in [-0.2, 0) is 11.3 Å². The second-order valence-electron chi connectivity index (χ2n) is 7.22. The van der Waals surface area contributed by atoms with Gasteiger partial charge in [0.1, 0.15) is 0 Å². The standard InChI is InChI=1S/C24H22F2N2O4/c1-17(27(24(30)32-31)15-5-8-18-6-3-2-4-7-18)19-9-11-20(12-10-19)21-13-14-22(29)28(16-21)23(25)26/h2-4,6-7,9-12,16-17,23,31H,5,8,15H2,1H3/t17-/m0/s1. The van der Waals surface area contributed by atoms with Crippen molar-refractivity contribution in [2.45, 2.75) is 32.4 Å². The molecule has 0 fully saturated rings. The fourth-order valence-electron chi connectivity index (χ4n) is 3.42. The number of aryl methyl sites for hydroxylation is 1. The lowest BCUT2D eigenvalue weighted by Crippen LogP contribution is -2.34. The van der Waals surface area contributed by atoms with E-state index in [9.17, 15) is 18.4 Å².